The molecule has 0 saturated carbocycles. The number of hydrogen-bond acceptors (Lipinski definition) is 4. The first kappa shape index (κ1) is 20.7. The maximum atomic E-state index is 14.6. The molecule has 3 rings (SSSR count). The number of carbonyl (C=O) groups excluding carboxylic acids is 1. The predicted octanol–water partition coefficient (Wildman–Crippen LogP) is 3.99. The highest BCUT2D eigenvalue weighted by Crippen LogP contribution is 2.40. The van der Waals surface area contributed by atoms with Crippen LogP contribution in [-0.2, 0) is 15.6 Å². The largest absolute Gasteiger partial charge is 0.357 e. The van der Waals surface area contributed by atoms with Gasteiger partial charge in [0.15, 0.2) is 5.82 Å². The maximum absolute atomic E-state index is 14.6. The van der Waals surface area contributed by atoms with Gasteiger partial charge >= 0.3 is 0 Å². The number of nitrogens with one attached hydrogen (secondary N) is 1. The molecule has 2 unspecified atom stereocenters. The van der Waals surface area contributed by atoms with E-state index in [4.69, 9.17) is 11.6 Å². The molecule has 1 aromatic carbocycles. The Morgan fingerprint density at radius 1 is 1.36 bits per heavy atom. The Morgan fingerprint density at radius 2 is 2.07 bits per heavy atom. The lowest BCUT2D eigenvalue weighted by Crippen LogP contribution is -2.40. The summed E-state index contributed by atoms with van der Waals surface area (Å²) in [5.41, 5.74) is 0.276. The Bertz CT molecular complexity index is 955. The minimum absolute atomic E-state index is 0.0854. The van der Waals surface area contributed by atoms with Crippen molar-refractivity contribution in [2.24, 2.45) is 5.41 Å². The lowest BCUT2D eigenvalue weighted by molar-refractivity contribution is -0.117. The number of rotatable bonds is 4. The van der Waals surface area contributed by atoms with Gasteiger partial charge < -0.3 is 10.2 Å². The molecule has 1 aromatic heterocycles. The van der Waals surface area contributed by atoms with Gasteiger partial charge in [-0.15, -0.1) is 0 Å². The Morgan fingerprint density at radius 3 is 2.75 bits per heavy atom. The molecule has 2 heterocycles. The summed E-state index contributed by atoms with van der Waals surface area (Å²) in [6.07, 6.45) is 3.43. The fourth-order valence-electron chi connectivity index (χ4n) is 3.36. The zero-order valence-electron chi connectivity index (χ0n) is 15.6. The summed E-state index contributed by atoms with van der Waals surface area (Å²) in [5, 5.41) is 2.53. The quantitative estimate of drug-likeness (QED) is 0.749. The molecule has 28 heavy (non-hydrogen) atoms. The molecular weight excluding hydrogens is 408 g/mol. The molecule has 2 aromatic rings. The maximum Gasteiger partial charge on any atom is 0.247 e. The number of hydrogen-bond donors (Lipinski definition) is 1. The molecule has 1 aliphatic heterocycles. The van der Waals surface area contributed by atoms with Crippen LogP contribution in [0.15, 0.2) is 35.5 Å². The number of halogens is 3. The average molecular weight is 428 g/mol. The summed E-state index contributed by atoms with van der Waals surface area (Å²) in [7, 11) is -1.29. The zero-order chi connectivity index (χ0) is 20.6. The first-order chi connectivity index (χ1) is 13.1. The Labute approximate surface area is 169 Å². The second-order valence-corrected chi connectivity index (χ2v) is 9.24. The van der Waals surface area contributed by atoms with E-state index >= 15 is 0 Å². The SMILES string of the molecule is CS(=O)c1cc(NC(=O)C2CC(C)(C)CN2c2ccc(F)c(Cl)c2F)ccn1. The van der Waals surface area contributed by atoms with Crippen LogP contribution >= 0.6 is 11.6 Å². The smallest absolute Gasteiger partial charge is 0.247 e. The lowest BCUT2D eigenvalue weighted by atomic mass is 9.90. The fraction of sp³-hybridized carbons (Fsp3) is 0.368. The van der Waals surface area contributed by atoms with Crippen LogP contribution < -0.4 is 10.2 Å². The molecule has 9 heteroatoms. The number of pyridine rings is 1. The second-order valence-electron chi connectivity index (χ2n) is 7.53. The number of anilines is 2. The molecular formula is C19H20ClF2N3O2S. The first-order valence-electron chi connectivity index (χ1n) is 8.59. The number of aromatic nitrogens is 1. The van der Waals surface area contributed by atoms with Crippen molar-refractivity contribution < 1.29 is 17.8 Å². The molecule has 0 bridgehead atoms. The van der Waals surface area contributed by atoms with E-state index in [2.05, 4.69) is 10.3 Å². The van der Waals surface area contributed by atoms with Gasteiger partial charge in [-0.25, -0.2) is 13.8 Å². The molecule has 5 nitrogen and oxygen atoms in total. The third-order valence-corrected chi connectivity index (χ3v) is 5.80. The van der Waals surface area contributed by atoms with Gasteiger partial charge in [0.1, 0.15) is 21.9 Å². The van der Waals surface area contributed by atoms with E-state index in [-0.39, 0.29) is 17.0 Å². The summed E-state index contributed by atoms with van der Waals surface area (Å²) in [4.78, 5) is 18.6. The van der Waals surface area contributed by atoms with Crippen molar-refractivity contribution in [3.8, 4) is 0 Å². The minimum Gasteiger partial charge on any atom is -0.357 e. The highest BCUT2D eigenvalue weighted by Gasteiger charge is 2.42. The molecule has 1 saturated heterocycles. The molecule has 0 spiro atoms. The minimum atomic E-state index is -1.29. The van der Waals surface area contributed by atoms with Crippen molar-refractivity contribution >= 4 is 39.7 Å². The van der Waals surface area contributed by atoms with E-state index in [1.807, 2.05) is 13.8 Å². The van der Waals surface area contributed by atoms with Gasteiger partial charge in [-0.05, 0) is 36.1 Å². The van der Waals surface area contributed by atoms with Crippen LogP contribution in [0.3, 0.4) is 0 Å². The highest BCUT2D eigenvalue weighted by atomic mass is 35.5. The van der Waals surface area contributed by atoms with Gasteiger partial charge in [-0.2, -0.15) is 0 Å². The van der Waals surface area contributed by atoms with Gasteiger partial charge in [0.05, 0.1) is 16.5 Å². The van der Waals surface area contributed by atoms with Crippen LogP contribution in [0.25, 0.3) is 0 Å². The van der Waals surface area contributed by atoms with Crippen LogP contribution in [0.1, 0.15) is 20.3 Å². The highest BCUT2D eigenvalue weighted by molar-refractivity contribution is 7.84. The topological polar surface area (TPSA) is 62.3 Å². The van der Waals surface area contributed by atoms with E-state index in [9.17, 15) is 17.8 Å². The van der Waals surface area contributed by atoms with Crippen LogP contribution in [0, 0.1) is 17.0 Å². The van der Waals surface area contributed by atoms with Crippen LogP contribution in [-0.4, -0.2) is 33.9 Å². The van der Waals surface area contributed by atoms with E-state index in [0.717, 1.165) is 6.07 Å². The fourth-order valence-corrected chi connectivity index (χ4v) is 4.03. The van der Waals surface area contributed by atoms with E-state index in [1.165, 1.54) is 24.6 Å². The molecule has 1 N–H and O–H groups in total. The molecule has 0 radical (unpaired) electrons. The first-order valence-corrected chi connectivity index (χ1v) is 10.5. The molecule has 1 aliphatic rings. The molecule has 150 valence electrons. The van der Waals surface area contributed by atoms with E-state index in [1.54, 1.807) is 11.0 Å². The Balaban J connectivity index is 1.90. The van der Waals surface area contributed by atoms with Crippen molar-refractivity contribution in [1.29, 1.82) is 0 Å². The van der Waals surface area contributed by atoms with Crippen LogP contribution in [0.2, 0.25) is 5.02 Å². The number of amides is 1. The van der Waals surface area contributed by atoms with Crippen molar-refractivity contribution in [3.63, 3.8) is 0 Å². The van der Waals surface area contributed by atoms with Crippen LogP contribution in [0.5, 0.6) is 0 Å². The van der Waals surface area contributed by atoms with Gasteiger partial charge in [0, 0.05) is 24.7 Å². The number of benzene rings is 1. The van der Waals surface area contributed by atoms with Crippen molar-refractivity contribution in [2.75, 3.05) is 23.0 Å². The Kier molecular flexibility index (Phi) is 5.72. The summed E-state index contributed by atoms with van der Waals surface area (Å²) in [5.74, 6) is -2.08. The lowest BCUT2D eigenvalue weighted by Gasteiger charge is -2.27. The second kappa shape index (κ2) is 7.75. The predicted molar refractivity (Wildman–Crippen MR) is 106 cm³/mol. The molecule has 1 fully saturated rings. The van der Waals surface area contributed by atoms with Crippen molar-refractivity contribution in [1.82, 2.24) is 4.98 Å². The van der Waals surface area contributed by atoms with E-state index in [0.29, 0.717) is 23.7 Å². The Hall–Kier alpha value is -2.06. The van der Waals surface area contributed by atoms with Gasteiger partial charge in [0.2, 0.25) is 5.91 Å². The monoisotopic (exact) mass is 427 g/mol. The van der Waals surface area contributed by atoms with Gasteiger partial charge in [-0.1, -0.05) is 25.4 Å². The standard InChI is InChI=1S/C19H20ClF2N3O2S/c1-19(2)9-14(18(26)24-11-6-7-23-15(8-11)28(3)27)25(10-19)13-5-4-12(21)16(20)17(13)22/h4-8,14H,9-10H2,1-3H3,(H,23,24,26). The van der Waals surface area contributed by atoms with E-state index < -0.39 is 33.5 Å². The summed E-state index contributed by atoms with van der Waals surface area (Å²) >= 11 is 5.72. The summed E-state index contributed by atoms with van der Waals surface area (Å²) in [6.45, 7) is 4.35. The zero-order valence-corrected chi connectivity index (χ0v) is 17.2. The number of carbonyl (C=O) groups is 1. The van der Waals surface area contributed by atoms with Crippen molar-refractivity contribution in [2.45, 2.75) is 31.3 Å². The third-order valence-electron chi connectivity index (χ3n) is 4.64. The molecule has 2 atom stereocenters. The van der Waals surface area contributed by atoms with Crippen molar-refractivity contribution in [3.05, 3.63) is 47.1 Å². The van der Waals surface area contributed by atoms with Gasteiger partial charge in [0.25, 0.3) is 0 Å². The van der Waals surface area contributed by atoms with Gasteiger partial charge in [-0.3, -0.25) is 9.00 Å². The average Bonchev–Trinajstić information content (AvgIpc) is 2.95. The normalized spacial score (nSPS) is 19.5. The number of nitrogens with zero attached hydrogens (tertiary/aromatic N) is 2. The van der Waals surface area contributed by atoms with Crippen LogP contribution in [0.4, 0.5) is 20.2 Å². The summed E-state index contributed by atoms with van der Waals surface area (Å²) in [6, 6.07) is 4.84. The molecule has 0 aliphatic carbocycles. The third kappa shape index (κ3) is 4.17. The summed E-state index contributed by atoms with van der Waals surface area (Å²) < 4.78 is 39.7. The molecule has 1 amide bonds.